The third kappa shape index (κ3) is 3.22. The monoisotopic (exact) mass is 212 g/mol. The lowest BCUT2D eigenvalue weighted by Gasteiger charge is -2.42. The molecule has 0 aliphatic heterocycles. The van der Waals surface area contributed by atoms with Crippen LogP contribution in [0.4, 0.5) is 0 Å². The number of hydrogen-bond donors (Lipinski definition) is 0. The van der Waals surface area contributed by atoms with Crippen molar-refractivity contribution in [2.75, 3.05) is 6.61 Å². The van der Waals surface area contributed by atoms with Crippen LogP contribution in [0.15, 0.2) is 0 Å². The van der Waals surface area contributed by atoms with Crippen molar-refractivity contribution in [2.24, 2.45) is 17.3 Å². The molecule has 15 heavy (non-hydrogen) atoms. The van der Waals surface area contributed by atoms with Crippen LogP contribution in [0.1, 0.15) is 53.4 Å². The smallest absolute Gasteiger partial charge is 0.306 e. The average molecular weight is 212 g/mol. The van der Waals surface area contributed by atoms with Crippen LogP contribution in [0.25, 0.3) is 0 Å². The van der Waals surface area contributed by atoms with Gasteiger partial charge in [0, 0.05) is 6.42 Å². The van der Waals surface area contributed by atoms with Gasteiger partial charge in [-0.2, -0.15) is 0 Å². The molecule has 0 saturated heterocycles. The van der Waals surface area contributed by atoms with Crippen LogP contribution in [-0.4, -0.2) is 12.6 Å². The van der Waals surface area contributed by atoms with Gasteiger partial charge in [-0.05, 0) is 30.6 Å². The van der Waals surface area contributed by atoms with Crippen molar-refractivity contribution in [3.63, 3.8) is 0 Å². The van der Waals surface area contributed by atoms with Crippen molar-refractivity contribution >= 4 is 5.97 Å². The molecule has 1 aliphatic carbocycles. The fourth-order valence-electron chi connectivity index (χ4n) is 2.91. The minimum Gasteiger partial charge on any atom is -0.466 e. The number of carbonyl (C=O) groups excluding carboxylic acids is 1. The maximum atomic E-state index is 11.5. The van der Waals surface area contributed by atoms with Crippen LogP contribution in [0, 0.1) is 17.3 Å². The van der Waals surface area contributed by atoms with Gasteiger partial charge < -0.3 is 4.74 Å². The molecular weight excluding hydrogens is 188 g/mol. The summed E-state index contributed by atoms with van der Waals surface area (Å²) in [6.45, 7) is 9.21. The summed E-state index contributed by atoms with van der Waals surface area (Å²) in [5.74, 6) is 1.12. The van der Waals surface area contributed by atoms with E-state index >= 15 is 0 Å². The molecule has 0 heterocycles. The lowest BCUT2D eigenvalue weighted by atomic mass is 9.63. The largest absolute Gasteiger partial charge is 0.466 e. The number of esters is 1. The molecule has 0 N–H and O–H groups in total. The quantitative estimate of drug-likeness (QED) is 0.670. The lowest BCUT2D eigenvalue weighted by molar-refractivity contribution is -0.146. The first kappa shape index (κ1) is 12.5. The number of hydrogen-bond acceptors (Lipinski definition) is 2. The molecule has 2 atom stereocenters. The highest BCUT2D eigenvalue weighted by Gasteiger charge is 2.38. The fourth-order valence-corrected chi connectivity index (χ4v) is 2.91. The van der Waals surface area contributed by atoms with E-state index in [1.54, 1.807) is 0 Å². The van der Waals surface area contributed by atoms with Gasteiger partial charge in [-0.25, -0.2) is 0 Å². The van der Waals surface area contributed by atoms with Crippen molar-refractivity contribution in [1.29, 1.82) is 0 Å². The van der Waals surface area contributed by atoms with Gasteiger partial charge in [0.15, 0.2) is 0 Å². The van der Waals surface area contributed by atoms with Crippen LogP contribution in [0.2, 0.25) is 0 Å². The fraction of sp³-hybridized carbons (Fsp3) is 0.923. The maximum absolute atomic E-state index is 11.5. The van der Waals surface area contributed by atoms with Crippen LogP contribution in [0.3, 0.4) is 0 Å². The van der Waals surface area contributed by atoms with E-state index in [9.17, 15) is 4.79 Å². The average Bonchev–Trinajstić information content (AvgIpc) is 2.12. The highest BCUT2D eigenvalue weighted by molar-refractivity contribution is 5.69. The topological polar surface area (TPSA) is 26.3 Å². The minimum atomic E-state index is -0.0238. The van der Waals surface area contributed by atoms with Gasteiger partial charge in [-0.15, -0.1) is 0 Å². The molecule has 1 fully saturated rings. The summed E-state index contributed by atoms with van der Waals surface area (Å²) in [6, 6.07) is 0. The normalized spacial score (nSPS) is 29.9. The zero-order valence-corrected chi connectivity index (χ0v) is 10.5. The molecule has 1 saturated carbocycles. The van der Waals surface area contributed by atoms with Crippen LogP contribution in [0.5, 0.6) is 0 Å². The Morgan fingerprint density at radius 3 is 2.67 bits per heavy atom. The molecule has 88 valence electrons. The van der Waals surface area contributed by atoms with E-state index in [1.807, 2.05) is 6.92 Å². The molecule has 2 unspecified atom stereocenters. The standard InChI is InChI=1S/C13H24O2/c1-5-15-12(14)9-11-10(2)7-6-8-13(11,3)4/h10-11H,5-9H2,1-4H3. The van der Waals surface area contributed by atoms with Crippen LogP contribution >= 0.6 is 0 Å². The van der Waals surface area contributed by atoms with Crippen molar-refractivity contribution in [3.05, 3.63) is 0 Å². The predicted octanol–water partition coefficient (Wildman–Crippen LogP) is 3.40. The van der Waals surface area contributed by atoms with E-state index in [4.69, 9.17) is 4.74 Å². The molecule has 0 spiro atoms. The molecule has 0 radical (unpaired) electrons. The Bertz CT molecular complexity index is 221. The van der Waals surface area contributed by atoms with Gasteiger partial charge in [-0.3, -0.25) is 4.79 Å². The Morgan fingerprint density at radius 2 is 2.13 bits per heavy atom. The second-order valence-electron chi connectivity index (χ2n) is 5.47. The summed E-state index contributed by atoms with van der Waals surface area (Å²) in [4.78, 5) is 11.5. The summed E-state index contributed by atoms with van der Waals surface area (Å²) in [5.41, 5.74) is 0.296. The van der Waals surface area contributed by atoms with Gasteiger partial charge in [0.05, 0.1) is 6.61 Å². The summed E-state index contributed by atoms with van der Waals surface area (Å²) < 4.78 is 5.05. The second kappa shape index (κ2) is 5.00. The lowest BCUT2D eigenvalue weighted by Crippen LogP contribution is -2.35. The van der Waals surface area contributed by atoms with E-state index < -0.39 is 0 Å². The van der Waals surface area contributed by atoms with E-state index in [0.717, 1.165) is 0 Å². The molecule has 0 aromatic heterocycles. The third-order valence-corrected chi connectivity index (χ3v) is 3.86. The Balaban J connectivity index is 2.59. The summed E-state index contributed by atoms with van der Waals surface area (Å²) >= 11 is 0. The van der Waals surface area contributed by atoms with Crippen molar-refractivity contribution in [1.82, 2.24) is 0 Å². The van der Waals surface area contributed by atoms with Gasteiger partial charge in [0.2, 0.25) is 0 Å². The third-order valence-electron chi connectivity index (χ3n) is 3.86. The highest BCUT2D eigenvalue weighted by Crippen LogP contribution is 2.45. The molecule has 2 nitrogen and oxygen atoms in total. The first-order valence-electron chi connectivity index (χ1n) is 6.13. The number of ether oxygens (including phenoxy) is 1. The Labute approximate surface area is 93.4 Å². The van der Waals surface area contributed by atoms with Crippen LogP contribution in [-0.2, 0) is 9.53 Å². The second-order valence-corrected chi connectivity index (χ2v) is 5.47. The van der Waals surface area contributed by atoms with Gasteiger partial charge in [0.25, 0.3) is 0 Å². The summed E-state index contributed by atoms with van der Waals surface area (Å²) in [6.07, 6.45) is 4.39. The van der Waals surface area contributed by atoms with Crippen molar-refractivity contribution in [2.45, 2.75) is 53.4 Å². The van der Waals surface area contributed by atoms with Crippen molar-refractivity contribution < 1.29 is 9.53 Å². The first-order valence-corrected chi connectivity index (χ1v) is 6.13. The van der Waals surface area contributed by atoms with E-state index in [2.05, 4.69) is 20.8 Å². The molecule has 0 amide bonds. The van der Waals surface area contributed by atoms with Gasteiger partial charge >= 0.3 is 5.97 Å². The zero-order valence-electron chi connectivity index (χ0n) is 10.5. The number of rotatable bonds is 3. The maximum Gasteiger partial charge on any atom is 0.306 e. The molecule has 0 aromatic rings. The van der Waals surface area contributed by atoms with Gasteiger partial charge in [0.1, 0.15) is 0 Å². The molecule has 1 rings (SSSR count). The van der Waals surface area contributed by atoms with Crippen molar-refractivity contribution in [3.8, 4) is 0 Å². The van der Waals surface area contributed by atoms with E-state index in [-0.39, 0.29) is 5.97 Å². The zero-order chi connectivity index (χ0) is 11.5. The molecule has 2 heteroatoms. The Morgan fingerprint density at radius 1 is 1.47 bits per heavy atom. The van der Waals surface area contributed by atoms with Crippen LogP contribution < -0.4 is 0 Å². The molecule has 0 aromatic carbocycles. The van der Waals surface area contributed by atoms with E-state index in [1.165, 1.54) is 19.3 Å². The first-order chi connectivity index (χ1) is 6.97. The Hall–Kier alpha value is -0.530. The highest BCUT2D eigenvalue weighted by atomic mass is 16.5. The number of carbonyl (C=O) groups is 1. The predicted molar refractivity (Wildman–Crippen MR) is 61.5 cm³/mol. The van der Waals surface area contributed by atoms with Gasteiger partial charge in [-0.1, -0.05) is 33.6 Å². The molecular formula is C13H24O2. The molecule has 1 aliphatic rings. The summed E-state index contributed by atoms with van der Waals surface area (Å²) in [7, 11) is 0. The molecule has 0 bridgehead atoms. The van der Waals surface area contributed by atoms with E-state index in [0.29, 0.717) is 30.3 Å². The minimum absolute atomic E-state index is 0.0238. The Kier molecular flexibility index (Phi) is 4.18. The SMILES string of the molecule is CCOC(=O)CC1C(C)CCCC1(C)C. The summed E-state index contributed by atoms with van der Waals surface area (Å²) in [5, 5.41) is 0.